The summed E-state index contributed by atoms with van der Waals surface area (Å²) in [5.41, 5.74) is 7.01. The van der Waals surface area contributed by atoms with E-state index in [1.54, 1.807) is 0 Å². The summed E-state index contributed by atoms with van der Waals surface area (Å²) in [6, 6.07) is 10.4. The molecule has 0 amide bonds. The molecule has 3 N–H and O–H groups in total. The number of nitrogens with two attached hydrogens (primary N) is 1. The highest BCUT2D eigenvalue weighted by atomic mass is 16.5. The van der Waals surface area contributed by atoms with E-state index in [0.29, 0.717) is 12.1 Å². The second-order valence-corrected chi connectivity index (χ2v) is 4.74. The van der Waals surface area contributed by atoms with Crippen molar-refractivity contribution in [2.75, 3.05) is 11.9 Å². The lowest BCUT2D eigenvalue weighted by atomic mass is 9.91. The zero-order valence-corrected chi connectivity index (χ0v) is 10.4. The highest BCUT2D eigenvalue weighted by Gasteiger charge is 2.18. The highest BCUT2D eigenvalue weighted by molar-refractivity contribution is 5.49. The molecular weight excluding hydrogens is 226 g/mol. The van der Waals surface area contributed by atoms with Crippen molar-refractivity contribution in [2.24, 2.45) is 5.73 Å². The summed E-state index contributed by atoms with van der Waals surface area (Å²) in [7, 11) is 0. The number of nitrogens with zero attached hydrogens (tertiary/aromatic N) is 1. The lowest BCUT2D eigenvalue weighted by Gasteiger charge is -2.28. The molecule has 2 unspecified atom stereocenters. The average Bonchev–Trinajstić information content (AvgIpc) is 2.37. The van der Waals surface area contributed by atoms with Crippen LogP contribution in [0.3, 0.4) is 0 Å². The molecule has 0 bridgehead atoms. The van der Waals surface area contributed by atoms with Crippen LogP contribution in [0.5, 0.6) is 5.75 Å². The summed E-state index contributed by atoms with van der Waals surface area (Å²) >= 11 is 0. The fourth-order valence-corrected chi connectivity index (χ4v) is 2.39. The average molecular weight is 245 g/mol. The third kappa shape index (κ3) is 3.64. The smallest absolute Gasteiger partial charge is 0.174 e. The molecule has 1 aromatic carbocycles. The van der Waals surface area contributed by atoms with Crippen LogP contribution in [0.15, 0.2) is 24.3 Å². The standard InChI is InChI=1S/C14H19N3O/c15-7-8-18-14-6-2-5-13(10-14)17-12-4-1-3-11(16)9-12/h2,5-6,10-12,17H,1,3-4,8-9,16H2. The van der Waals surface area contributed by atoms with Crippen LogP contribution >= 0.6 is 0 Å². The Hall–Kier alpha value is -1.73. The number of ether oxygens (including phenoxy) is 1. The molecule has 0 saturated heterocycles. The number of hydrogen-bond acceptors (Lipinski definition) is 4. The van der Waals surface area contributed by atoms with Gasteiger partial charge in [-0.1, -0.05) is 6.07 Å². The Morgan fingerprint density at radius 1 is 1.44 bits per heavy atom. The van der Waals surface area contributed by atoms with Crippen LogP contribution < -0.4 is 15.8 Å². The zero-order chi connectivity index (χ0) is 12.8. The maximum atomic E-state index is 8.48. The monoisotopic (exact) mass is 245 g/mol. The van der Waals surface area contributed by atoms with Crippen LogP contribution in [-0.4, -0.2) is 18.7 Å². The summed E-state index contributed by atoms with van der Waals surface area (Å²) in [6.07, 6.45) is 4.49. The number of rotatable bonds is 4. The minimum absolute atomic E-state index is 0.0811. The summed E-state index contributed by atoms with van der Waals surface area (Å²) in [5.74, 6) is 0.724. The van der Waals surface area contributed by atoms with Crippen LogP contribution in [0.2, 0.25) is 0 Å². The lowest BCUT2D eigenvalue weighted by molar-refractivity contribution is 0.368. The van der Waals surface area contributed by atoms with Crippen molar-refractivity contribution in [1.82, 2.24) is 0 Å². The Morgan fingerprint density at radius 3 is 3.11 bits per heavy atom. The van der Waals surface area contributed by atoms with E-state index in [9.17, 15) is 0 Å². The second-order valence-electron chi connectivity index (χ2n) is 4.74. The summed E-state index contributed by atoms with van der Waals surface area (Å²) in [5, 5.41) is 12.0. The Bertz CT molecular complexity index is 427. The van der Waals surface area contributed by atoms with Crippen LogP contribution in [0.25, 0.3) is 0 Å². The van der Waals surface area contributed by atoms with Crippen LogP contribution in [0.1, 0.15) is 25.7 Å². The molecule has 18 heavy (non-hydrogen) atoms. The molecule has 1 aromatic rings. The van der Waals surface area contributed by atoms with E-state index in [-0.39, 0.29) is 6.61 Å². The predicted octanol–water partition coefficient (Wildman–Crippen LogP) is 2.27. The Balaban J connectivity index is 1.94. The molecule has 1 fully saturated rings. The molecule has 1 aliphatic carbocycles. The van der Waals surface area contributed by atoms with Gasteiger partial charge in [-0.15, -0.1) is 0 Å². The minimum atomic E-state index is 0.0811. The van der Waals surface area contributed by atoms with Crippen LogP contribution in [-0.2, 0) is 0 Å². The Morgan fingerprint density at radius 2 is 2.33 bits per heavy atom. The topological polar surface area (TPSA) is 71.1 Å². The van der Waals surface area contributed by atoms with Gasteiger partial charge in [0.15, 0.2) is 6.61 Å². The normalized spacial score (nSPS) is 23.1. The predicted molar refractivity (Wildman–Crippen MR) is 71.4 cm³/mol. The van der Waals surface area contributed by atoms with Gasteiger partial charge >= 0.3 is 0 Å². The van der Waals surface area contributed by atoms with Crippen molar-refractivity contribution >= 4 is 5.69 Å². The number of nitrogens with one attached hydrogen (secondary N) is 1. The van der Waals surface area contributed by atoms with Crippen LogP contribution in [0, 0.1) is 11.3 Å². The van der Waals surface area contributed by atoms with Gasteiger partial charge in [0.25, 0.3) is 0 Å². The van der Waals surface area contributed by atoms with Gasteiger partial charge in [-0.05, 0) is 37.8 Å². The third-order valence-electron chi connectivity index (χ3n) is 3.22. The molecule has 0 aliphatic heterocycles. The third-order valence-corrected chi connectivity index (χ3v) is 3.22. The van der Waals surface area contributed by atoms with Gasteiger partial charge in [0.2, 0.25) is 0 Å². The van der Waals surface area contributed by atoms with E-state index >= 15 is 0 Å². The molecule has 0 spiro atoms. The Kier molecular flexibility index (Phi) is 4.43. The van der Waals surface area contributed by atoms with E-state index in [0.717, 1.165) is 30.7 Å². The molecule has 96 valence electrons. The highest BCUT2D eigenvalue weighted by Crippen LogP contribution is 2.23. The summed E-state index contributed by atoms with van der Waals surface area (Å²) < 4.78 is 5.28. The van der Waals surface area contributed by atoms with E-state index in [4.69, 9.17) is 15.7 Å². The van der Waals surface area contributed by atoms with E-state index in [2.05, 4.69) is 5.32 Å². The van der Waals surface area contributed by atoms with E-state index < -0.39 is 0 Å². The van der Waals surface area contributed by atoms with Gasteiger partial charge < -0.3 is 15.8 Å². The first-order valence-corrected chi connectivity index (χ1v) is 6.40. The van der Waals surface area contributed by atoms with E-state index in [1.165, 1.54) is 6.42 Å². The van der Waals surface area contributed by atoms with E-state index in [1.807, 2.05) is 30.3 Å². The van der Waals surface area contributed by atoms with Gasteiger partial charge in [0, 0.05) is 23.8 Å². The molecule has 0 radical (unpaired) electrons. The molecular formula is C14H19N3O. The quantitative estimate of drug-likeness (QED) is 0.853. The number of hydrogen-bond donors (Lipinski definition) is 2. The van der Waals surface area contributed by atoms with Crippen molar-refractivity contribution in [3.8, 4) is 11.8 Å². The van der Waals surface area contributed by atoms with Crippen molar-refractivity contribution in [2.45, 2.75) is 37.8 Å². The number of benzene rings is 1. The number of anilines is 1. The SMILES string of the molecule is N#CCOc1cccc(NC2CCCC(N)C2)c1. The van der Waals surface area contributed by atoms with Crippen molar-refractivity contribution in [3.05, 3.63) is 24.3 Å². The lowest BCUT2D eigenvalue weighted by Crippen LogP contribution is -2.34. The van der Waals surface area contributed by atoms with Crippen molar-refractivity contribution in [1.29, 1.82) is 5.26 Å². The van der Waals surface area contributed by atoms with Gasteiger partial charge in [-0.25, -0.2) is 0 Å². The largest absolute Gasteiger partial charge is 0.479 e. The zero-order valence-electron chi connectivity index (χ0n) is 10.4. The maximum absolute atomic E-state index is 8.48. The molecule has 2 atom stereocenters. The molecule has 4 nitrogen and oxygen atoms in total. The summed E-state index contributed by atoms with van der Waals surface area (Å²) in [4.78, 5) is 0. The number of nitriles is 1. The van der Waals surface area contributed by atoms with Gasteiger partial charge in [-0.2, -0.15) is 5.26 Å². The maximum Gasteiger partial charge on any atom is 0.174 e. The van der Waals surface area contributed by atoms with Crippen molar-refractivity contribution < 1.29 is 4.74 Å². The Labute approximate surface area is 108 Å². The fraction of sp³-hybridized carbons (Fsp3) is 0.500. The van der Waals surface area contributed by atoms with Crippen molar-refractivity contribution in [3.63, 3.8) is 0 Å². The molecule has 0 heterocycles. The molecule has 0 aromatic heterocycles. The molecule has 2 rings (SSSR count). The summed E-state index contributed by atoms with van der Waals surface area (Å²) in [6.45, 7) is 0.0811. The molecule has 1 saturated carbocycles. The molecule has 4 heteroatoms. The van der Waals surface area contributed by atoms with Gasteiger partial charge in [0.05, 0.1) is 0 Å². The second kappa shape index (κ2) is 6.27. The van der Waals surface area contributed by atoms with Gasteiger partial charge in [-0.3, -0.25) is 0 Å². The van der Waals surface area contributed by atoms with Crippen LogP contribution in [0.4, 0.5) is 5.69 Å². The van der Waals surface area contributed by atoms with Gasteiger partial charge in [0.1, 0.15) is 11.8 Å². The first-order valence-electron chi connectivity index (χ1n) is 6.40. The first-order chi connectivity index (χ1) is 8.78. The minimum Gasteiger partial charge on any atom is -0.479 e. The fourth-order valence-electron chi connectivity index (χ4n) is 2.39. The first kappa shape index (κ1) is 12.7. The molecule has 1 aliphatic rings.